The van der Waals surface area contributed by atoms with Gasteiger partial charge in [-0.1, -0.05) is 104 Å². The van der Waals surface area contributed by atoms with E-state index in [2.05, 4.69) is 66.0 Å². The zero-order chi connectivity index (χ0) is 20.3. The van der Waals surface area contributed by atoms with Crippen molar-refractivity contribution in [2.45, 2.75) is 44.1 Å². The molecule has 2 nitrogen and oxygen atoms in total. The van der Waals surface area contributed by atoms with Gasteiger partial charge >= 0.3 is 0 Å². The molecule has 1 saturated carbocycles. The highest BCUT2D eigenvalue weighted by Gasteiger charge is 2.37. The maximum Gasteiger partial charge on any atom is 0.232 e. The summed E-state index contributed by atoms with van der Waals surface area (Å²) in [6.45, 7) is 0. The molecular formula is C28H27NO. The zero-order valence-electron chi connectivity index (χ0n) is 17.2. The Morgan fingerprint density at radius 3 is 2.03 bits per heavy atom. The van der Waals surface area contributed by atoms with E-state index in [9.17, 15) is 4.79 Å². The maximum atomic E-state index is 13.7. The Labute approximate surface area is 178 Å². The van der Waals surface area contributed by atoms with Gasteiger partial charge in [0.2, 0.25) is 5.91 Å². The van der Waals surface area contributed by atoms with E-state index in [0.717, 1.165) is 24.0 Å². The van der Waals surface area contributed by atoms with E-state index in [4.69, 9.17) is 0 Å². The van der Waals surface area contributed by atoms with Gasteiger partial charge in [0, 0.05) is 6.04 Å². The molecule has 2 heteroatoms. The van der Waals surface area contributed by atoms with Crippen LogP contribution in [0.25, 0.3) is 11.1 Å². The fourth-order valence-corrected chi connectivity index (χ4v) is 4.99. The average molecular weight is 394 g/mol. The molecule has 2 aliphatic rings. The number of nitrogens with one attached hydrogen (secondary N) is 1. The lowest BCUT2D eigenvalue weighted by atomic mass is 9.70. The van der Waals surface area contributed by atoms with Crippen molar-refractivity contribution in [1.29, 1.82) is 0 Å². The van der Waals surface area contributed by atoms with Crippen molar-refractivity contribution >= 4 is 17.1 Å². The third kappa shape index (κ3) is 3.47. The third-order valence-corrected chi connectivity index (χ3v) is 6.45. The molecule has 1 unspecified atom stereocenters. The van der Waals surface area contributed by atoms with Gasteiger partial charge in [-0.15, -0.1) is 0 Å². The van der Waals surface area contributed by atoms with E-state index in [1.54, 1.807) is 0 Å². The summed E-state index contributed by atoms with van der Waals surface area (Å²) in [7, 11) is 0. The van der Waals surface area contributed by atoms with Gasteiger partial charge in [0.25, 0.3) is 0 Å². The highest BCUT2D eigenvalue weighted by molar-refractivity contribution is 6.17. The Kier molecular flexibility index (Phi) is 5.23. The van der Waals surface area contributed by atoms with Crippen molar-refractivity contribution in [3.05, 3.63) is 107 Å². The van der Waals surface area contributed by atoms with Gasteiger partial charge in [-0.05, 0) is 46.2 Å². The summed E-state index contributed by atoms with van der Waals surface area (Å²) in [5.74, 6) is -0.163. The molecular weight excluding hydrogens is 366 g/mol. The molecule has 1 amide bonds. The first kappa shape index (κ1) is 18.9. The first-order chi connectivity index (χ1) is 14.8. The predicted molar refractivity (Wildman–Crippen MR) is 123 cm³/mol. The first-order valence-corrected chi connectivity index (χ1v) is 11.1. The lowest BCUT2D eigenvalue weighted by molar-refractivity contribution is -0.122. The quantitative estimate of drug-likeness (QED) is 0.550. The molecule has 3 aromatic rings. The van der Waals surface area contributed by atoms with Gasteiger partial charge < -0.3 is 5.32 Å². The van der Waals surface area contributed by atoms with Crippen LogP contribution < -0.4 is 5.32 Å². The maximum absolute atomic E-state index is 13.7. The largest absolute Gasteiger partial charge is 0.353 e. The number of hydrogen-bond acceptors (Lipinski definition) is 1. The number of carbonyl (C=O) groups is 1. The Balaban J connectivity index is 1.60. The number of amides is 1. The summed E-state index contributed by atoms with van der Waals surface area (Å²) in [6.07, 6.45) is 5.89. The van der Waals surface area contributed by atoms with Crippen LogP contribution in [0.5, 0.6) is 0 Å². The van der Waals surface area contributed by atoms with E-state index >= 15 is 0 Å². The molecule has 0 aromatic heterocycles. The molecule has 1 N–H and O–H groups in total. The van der Waals surface area contributed by atoms with Crippen molar-refractivity contribution < 1.29 is 4.79 Å². The molecule has 0 radical (unpaired) electrons. The SMILES string of the molecule is O=C(NC1CCCCC1)C(C1=C(c2ccccc2)c2ccccc21)c1ccccc1. The summed E-state index contributed by atoms with van der Waals surface area (Å²) in [6, 6.07) is 29.5. The van der Waals surface area contributed by atoms with Gasteiger partial charge in [0.15, 0.2) is 0 Å². The van der Waals surface area contributed by atoms with Crippen molar-refractivity contribution in [2.75, 3.05) is 0 Å². The minimum absolute atomic E-state index is 0.131. The van der Waals surface area contributed by atoms with Crippen LogP contribution in [-0.2, 0) is 4.79 Å². The van der Waals surface area contributed by atoms with Crippen LogP contribution >= 0.6 is 0 Å². The molecule has 150 valence electrons. The monoisotopic (exact) mass is 393 g/mol. The van der Waals surface area contributed by atoms with Crippen LogP contribution in [0.2, 0.25) is 0 Å². The lowest BCUT2D eigenvalue weighted by Crippen LogP contribution is -2.40. The first-order valence-electron chi connectivity index (χ1n) is 11.1. The fraction of sp³-hybridized carbons (Fsp3) is 0.250. The third-order valence-electron chi connectivity index (χ3n) is 6.45. The Morgan fingerprint density at radius 1 is 0.733 bits per heavy atom. The second kappa shape index (κ2) is 8.31. The average Bonchev–Trinajstić information content (AvgIpc) is 2.79. The molecule has 1 atom stereocenters. The summed E-state index contributed by atoms with van der Waals surface area (Å²) >= 11 is 0. The van der Waals surface area contributed by atoms with Crippen LogP contribution in [0.4, 0.5) is 0 Å². The number of hydrogen-bond donors (Lipinski definition) is 1. The Bertz CT molecular complexity index is 1060. The predicted octanol–water partition coefficient (Wildman–Crippen LogP) is 6.19. The van der Waals surface area contributed by atoms with E-state index in [1.165, 1.54) is 41.5 Å². The van der Waals surface area contributed by atoms with Gasteiger partial charge in [0.05, 0.1) is 5.92 Å². The second-order valence-corrected chi connectivity index (χ2v) is 8.39. The van der Waals surface area contributed by atoms with Crippen molar-refractivity contribution in [2.24, 2.45) is 0 Å². The van der Waals surface area contributed by atoms with E-state index in [-0.39, 0.29) is 11.8 Å². The lowest BCUT2D eigenvalue weighted by Gasteiger charge is -2.34. The Morgan fingerprint density at radius 2 is 1.33 bits per heavy atom. The summed E-state index contributed by atoms with van der Waals surface area (Å²) in [5, 5.41) is 3.40. The van der Waals surface area contributed by atoms with Gasteiger partial charge in [-0.25, -0.2) is 0 Å². The van der Waals surface area contributed by atoms with Crippen molar-refractivity contribution in [3.8, 4) is 0 Å². The zero-order valence-corrected chi connectivity index (χ0v) is 17.2. The minimum atomic E-state index is -0.293. The van der Waals surface area contributed by atoms with Crippen LogP contribution in [0, 0.1) is 0 Å². The molecule has 0 saturated heterocycles. The molecule has 0 bridgehead atoms. The second-order valence-electron chi connectivity index (χ2n) is 8.39. The summed E-state index contributed by atoms with van der Waals surface area (Å²) in [4.78, 5) is 13.7. The minimum Gasteiger partial charge on any atom is -0.353 e. The van der Waals surface area contributed by atoms with Gasteiger partial charge in [-0.2, -0.15) is 0 Å². The van der Waals surface area contributed by atoms with E-state index in [1.807, 2.05) is 24.3 Å². The highest BCUT2D eigenvalue weighted by atomic mass is 16.2. The normalized spacial score (nSPS) is 17.1. The molecule has 30 heavy (non-hydrogen) atoms. The Hall–Kier alpha value is -3.13. The molecule has 3 aromatic carbocycles. The van der Waals surface area contributed by atoms with Crippen LogP contribution in [0.15, 0.2) is 84.9 Å². The van der Waals surface area contributed by atoms with Crippen molar-refractivity contribution in [1.82, 2.24) is 5.32 Å². The number of rotatable bonds is 5. The standard InChI is InChI=1S/C28H27NO/c30-28(29-22-16-8-3-9-17-22)26(21-14-6-2-7-15-21)27-24-19-11-10-18-23(24)25(27)20-12-4-1-5-13-20/h1-2,4-7,10-15,18-19,22,26H,3,8-9,16-17H2,(H,29,30). The van der Waals surface area contributed by atoms with Crippen molar-refractivity contribution in [3.63, 3.8) is 0 Å². The fourth-order valence-electron chi connectivity index (χ4n) is 4.99. The number of carbonyl (C=O) groups excluding carboxylic acids is 1. The molecule has 0 heterocycles. The highest BCUT2D eigenvalue weighted by Crippen LogP contribution is 2.50. The molecule has 0 spiro atoms. The summed E-state index contributed by atoms with van der Waals surface area (Å²) in [5.41, 5.74) is 7.03. The number of fused-ring (bicyclic) bond motifs is 1. The molecule has 0 aliphatic heterocycles. The van der Waals surface area contributed by atoms with Gasteiger partial charge in [-0.3, -0.25) is 4.79 Å². The van der Waals surface area contributed by atoms with Crippen LogP contribution in [0.1, 0.15) is 60.3 Å². The summed E-state index contributed by atoms with van der Waals surface area (Å²) < 4.78 is 0. The van der Waals surface area contributed by atoms with E-state index in [0.29, 0.717) is 6.04 Å². The van der Waals surface area contributed by atoms with Crippen LogP contribution in [0.3, 0.4) is 0 Å². The van der Waals surface area contributed by atoms with Crippen LogP contribution in [-0.4, -0.2) is 11.9 Å². The smallest absolute Gasteiger partial charge is 0.232 e. The van der Waals surface area contributed by atoms with Gasteiger partial charge in [0.1, 0.15) is 0 Å². The molecule has 2 aliphatic carbocycles. The van der Waals surface area contributed by atoms with E-state index < -0.39 is 0 Å². The number of benzene rings is 3. The molecule has 5 rings (SSSR count). The molecule has 1 fully saturated rings. The topological polar surface area (TPSA) is 29.1 Å².